The molecule has 0 saturated carbocycles. The number of hydrogen-bond acceptors (Lipinski definition) is 4. The predicted molar refractivity (Wildman–Crippen MR) is 70.1 cm³/mol. The molecular weight excluding hydrogens is 230 g/mol. The summed E-state index contributed by atoms with van der Waals surface area (Å²) in [6.45, 7) is 2.75. The molecule has 1 amide bonds. The van der Waals surface area contributed by atoms with Crippen LogP contribution in [0.25, 0.3) is 0 Å². The summed E-state index contributed by atoms with van der Waals surface area (Å²) < 4.78 is 1.75. The third-order valence-electron chi connectivity index (χ3n) is 2.53. The maximum atomic E-state index is 11.9. The standard InChI is InChI=1S/C12H15N5O/c1-2-17-8-11(7-14-17)15-12(18)9-3-5-10(16-13)6-4-9/h3-8,16H,2,13H2,1H3,(H,15,18). The molecule has 0 bridgehead atoms. The third kappa shape index (κ3) is 2.67. The Balaban J connectivity index is 2.06. The van der Waals surface area contributed by atoms with E-state index >= 15 is 0 Å². The van der Waals surface area contributed by atoms with Crippen LogP contribution in [-0.4, -0.2) is 15.7 Å². The maximum Gasteiger partial charge on any atom is 0.255 e. The molecule has 4 N–H and O–H groups in total. The van der Waals surface area contributed by atoms with E-state index in [-0.39, 0.29) is 5.91 Å². The van der Waals surface area contributed by atoms with E-state index in [1.165, 1.54) is 0 Å². The van der Waals surface area contributed by atoms with Gasteiger partial charge in [-0.1, -0.05) is 0 Å². The molecular formula is C12H15N5O. The van der Waals surface area contributed by atoms with Crippen molar-refractivity contribution in [1.29, 1.82) is 0 Å². The molecule has 6 heteroatoms. The van der Waals surface area contributed by atoms with E-state index in [1.54, 1.807) is 41.3 Å². The lowest BCUT2D eigenvalue weighted by atomic mass is 10.2. The van der Waals surface area contributed by atoms with Gasteiger partial charge in [-0.3, -0.25) is 15.3 Å². The Bertz CT molecular complexity index is 532. The fourth-order valence-electron chi connectivity index (χ4n) is 1.52. The van der Waals surface area contributed by atoms with Gasteiger partial charge in [0.15, 0.2) is 0 Å². The monoisotopic (exact) mass is 245 g/mol. The zero-order valence-corrected chi connectivity index (χ0v) is 10.1. The molecule has 1 aromatic heterocycles. The average molecular weight is 245 g/mol. The highest BCUT2D eigenvalue weighted by molar-refractivity contribution is 6.04. The second kappa shape index (κ2) is 5.33. The van der Waals surface area contributed by atoms with Gasteiger partial charge in [0, 0.05) is 24.0 Å². The number of nitrogens with zero attached hydrogens (tertiary/aromatic N) is 2. The van der Waals surface area contributed by atoms with E-state index in [2.05, 4.69) is 15.8 Å². The highest BCUT2D eigenvalue weighted by Crippen LogP contribution is 2.11. The van der Waals surface area contributed by atoms with E-state index in [4.69, 9.17) is 5.84 Å². The van der Waals surface area contributed by atoms with Gasteiger partial charge in [-0.2, -0.15) is 5.10 Å². The van der Waals surface area contributed by atoms with Crippen molar-refractivity contribution in [2.75, 3.05) is 10.7 Å². The Morgan fingerprint density at radius 2 is 2.06 bits per heavy atom. The second-order valence-corrected chi connectivity index (χ2v) is 3.76. The van der Waals surface area contributed by atoms with Crippen LogP contribution in [0.15, 0.2) is 36.7 Å². The first-order valence-electron chi connectivity index (χ1n) is 5.63. The van der Waals surface area contributed by atoms with Gasteiger partial charge in [-0.15, -0.1) is 0 Å². The lowest BCUT2D eigenvalue weighted by Gasteiger charge is -2.04. The molecule has 0 spiro atoms. The number of carbonyl (C=O) groups is 1. The minimum atomic E-state index is -0.172. The molecule has 0 radical (unpaired) electrons. The van der Waals surface area contributed by atoms with E-state index in [0.717, 1.165) is 12.2 Å². The number of hydrogen-bond donors (Lipinski definition) is 3. The first kappa shape index (κ1) is 12.1. The van der Waals surface area contributed by atoms with Crippen LogP contribution in [0.1, 0.15) is 17.3 Å². The Morgan fingerprint density at radius 1 is 1.33 bits per heavy atom. The van der Waals surface area contributed by atoms with Crippen LogP contribution >= 0.6 is 0 Å². The van der Waals surface area contributed by atoms with Crippen LogP contribution in [-0.2, 0) is 6.54 Å². The molecule has 6 nitrogen and oxygen atoms in total. The molecule has 0 atom stereocenters. The van der Waals surface area contributed by atoms with E-state index < -0.39 is 0 Å². The smallest absolute Gasteiger partial charge is 0.255 e. The normalized spacial score (nSPS) is 10.1. The molecule has 0 fully saturated rings. The summed E-state index contributed by atoms with van der Waals surface area (Å²) in [5.74, 6) is 5.08. The van der Waals surface area contributed by atoms with Gasteiger partial charge in [0.1, 0.15) is 0 Å². The number of aryl methyl sites for hydroxylation is 1. The average Bonchev–Trinajstić information content (AvgIpc) is 2.86. The molecule has 2 aromatic rings. The van der Waals surface area contributed by atoms with Crippen molar-refractivity contribution in [2.45, 2.75) is 13.5 Å². The molecule has 2 rings (SSSR count). The SMILES string of the molecule is CCn1cc(NC(=O)c2ccc(NN)cc2)cn1. The Kier molecular flexibility index (Phi) is 3.59. The summed E-state index contributed by atoms with van der Waals surface area (Å²) >= 11 is 0. The van der Waals surface area contributed by atoms with Crippen molar-refractivity contribution in [3.63, 3.8) is 0 Å². The summed E-state index contributed by atoms with van der Waals surface area (Å²) in [4.78, 5) is 11.9. The highest BCUT2D eigenvalue weighted by Gasteiger charge is 2.07. The maximum absolute atomic E-state index is 11.9. The molecule has 0 saturated heterocycles. The number of nitrogens with one attached hydrogen (secondary N) is 2. The zero-order chi connectivity index (χ0) is 13.0. The van der Waals surface area contributed by atoms with Crippen molar-refractivity contribution in [3.05, 3.63) is 42.2 Å². The molecule has 1 heterocycles. The summed E-state index contributed by atoms with van der Waals surface area (Å²) in [5, 5.41) is 6.86. The molecule has 0 unspecified atom stereocenters. The number of nitrogen functional groups attached to an aromatic ring is 1. The van der Waals surface area contributed by atoms with Crippen molar-refractivity contribution >= 4 is 17.3 Å². The molecule has 0 aliphatic heterocycles. The van der Waals surface area contributed by atoms with Crippen LogP contribution in [0.4, 0.5) is 11.4 Å². The molecule has 0 aliphatic carbocycles. The predicted octanol–water partition coefficient (Wildman–Crippen LogP) is 1.44. The molecule has 0 aliphatic rings. The number of amides is 1. The van der Waals surface area contributed by atoms with E-state index in [1.807, 2.05) is 6.92 Å². The van der Waals surface area contributed by atoms with E-state index in [0.29, 0.717) is 11.3 Å². The summed E-state index contributed by atoms with van der Waals surface area (Å²) in [6, 6.07) is 6.89. The van der Waals surface area contributed by atoms with Crippen molar-refractivity contribution in [3.8, 4) is 0 Å². The zero-order valence-electron chi connectivity index (χ0n) is 10.1. The number of aromatic nitrogens is 2. The van der Waals surface area contributed by atoms with Crippen molar-refractivity contribution in [1.82, 2.24) is 9.78 Å². The van der Waals surface area contributed by atoms with Gasteiger partial charge < -0.3 is 10.7 Å². The van der Waals surface area contributed by atoms with Crippen LogP contribution in [0, 0.1) is 0 Å². The summed E-state index contributed by atoms with van der Waals surface area (Å²) in [6.07, 6.45) is 3.41. The van der Waals surface area contributed by atoms with Crippen molar-refractivity contribution in [2.24, 2.45) is 5.84 Å². The Hall–Kier alpha value is -2.34. The topological polar surface area (TPSA) is 85.0 Å². The number of carbonyl (C=O) groups excluding carboxylic acids is 1. The lowest BCUT2D eigenvalue weighted by molar-refractivity contribution is 0.102. The highest BCUT2D eigenvalue weighted by atomic mass is 16.1. The third-order valence-corrected chi connectivity index (χ3v) is 2.53. The van der Waals surface area contributed by atoms with Crippen LogP contribution in [0.3, 0.4) is 0 Å². The summed E-state index contributed by atoms with van der Waals surface area (Å²) in [5.41, 5.74) is 4.51. The Labute approximate surface area is 105 Å². The Morgan fingerprint density at radius 3 is 2.61 bits per heavy atom. The fourth-order valence-corrected chi connectivity index (χ4v) is 1.52. The first-order valence-corrected chi connectivity index (χ1v) is 5.63. The number of hydrazine groups is 1. The van der Waals surface area contributed by atoms with Crippen molar-refractivity contribution < 1.29 is 4.79 Å². The quantitative estimate of drug-likeness (QED) is 0.562. The lowest BCUT2D eigenvalue weighted by Crippen LogP contribution is -2.12. The number of nitrogens with two attached hydrogens (primary N) is 1. The van der Waals surface area contributed by atoms with Gasteiger partial charge in [0.05, 0.1) is 11.9 Å². The first-order chi connectivity index (χ1) is 8.72. The van der Waals surface area contributed by atoms with Crippen LogP contribution in [0.5, 0.6) is 0 Å². The van der Waals surface area contributed by atoms with Crippen LogP contribution in [0.2, 0.25) is 0 Å². The van der Waals surface area contributed by atoms with Gasteiger partial charge in [-0.05, 0) is 31.2 Å². The molecule has 18 heavy (non-hydrogen) atoms. The van der Waals surface area contributed by atoms with E-state index in [9.17, 15) is 4.79 Å². The van der Waals surface area contributed by atoms with Gasteiger partial charge in [-0.25, -0.2) is 0 Å². The fraction of sp³-hybridized carbons (Fsp3) is 0.167. The van der Waals surface area contributed by atoms with Crippen LogP contribution < -0.4 is 16.6 Å². The minimum Gasteiger partial charge on any atom is -0.324 e. The summed E-state index contributed by atoms with van der Waals surface area (Å²) in [7, 11) is 0. The van der Waals surface area contributed by atoms with Gasteiger partial charge in [0.2, 0.25) is 0 Å². The molecule has 1 aromatic carbocycles. The minimum absolute atomic E-state index is 0.172. The number of rotatable bonds is 4. The van der Waals surface area contributed by atoms with Gasteiger partial charge >= 0.3 is 0 Å². The largest absolute Gasteiger partial charge is 0.324 e. The second-order valence-electron chi connectivity index (χ2n) is 3.76. The van der Waals surface area contributed by atoms with Gasteiger partial charge in [0.25, 0.3) is 5.91 Å². The number of anilines is 2. The number of benzene rings is 1. The molecule has 94 valence electrons.